The number of anilines is 1. The normalized spacial score (nSPS) is 11.2. The zero-order chi connectivity index (χ0) is 12.9. The van der Waals surface area contributed by atoms with Crippen LogP contribution in [0, 0.1) is 5.82 Å². The molecule has 0 heterocycles. The molecular formula is C10H13FNO4P. The lowest BCUT2D eigenvalue weighted by atomic mass is 10.3. The Morgan fingerprint density at radius 2 is 2.12 bits per heavy atom. The van der Waals surface area contributed by atoms with Gasteiger partial charge in [0.1, 0.15) is 5.82 Å². The quantitative estimate of drug-likeness (QED) is 0.704. The summed E-state index contributed by atoms with van der Waals surface area (Å²) in [6.45, 7) is 0. The SMILES string of the molecule is O=C(CCCP(=O)(O)O)Nc1cccc(F)c1. The number of halogens is 1. The van der Waals surface area contributed by atoms with Crippen molar-refractivity contribution >= 4 is 19.2 Å². The van der Waals surface area contributed by atoms with Crippen molar-refractivity contribution in [3.63, 3.8) is 0 Å². The summed E-state index contributed by atoms with van der Waals surface area (Å²) in [6, 6.07) is 5.41. The molecule has 7 heteroatoms. The van der Waals surface area contributed by atoms with Gasteiger partial charge in [0.2, 0.25) is 5.91 Å². The average molecular weight is 261 g/mol. The minimum absolute atomic E-state index is 0.0123. The van der Waals surface area contributed by atoms with Crippen LogP contribution in [0.5, 0.6) is 0 Å². The number of carbonyl (C=O) groups excluding carboxylic acids is 1. The minimum Gasteiger partial charge on any atom is -0.326 e. The third kappa shape index (κ3) is 6.16. The Labute approximate surface area is 97.8 Å². The lowest BCUT2D eigenvalue weighted by Crippen LogP contribution is -2.11. The zero-order valence-corrected chi connectivity index (χ0v) is 9.86. The Kier molecular flexibility index (Phi) is 4.81. The van der Waals surface area contributed by atoms with Crippen LogP contribution >= 0.6 is 7.60 Å². The summed E-state index contributed by atoms with van der Waals surface area (Å²) >= 11 is 0. The number of carbonyl (C=O) groups is 1. The number of hydrogen-bond acceptors (Lipinski definition) is 2. The summed E-state index contributed by atoms with van der Waals surface area (Å²) in [4.78, 5) is 28.5. The monoisotopic (exact) mass is 261 g/mol. The summed E-state index contributed by atoms with van der Waals surface area (Å²) in [5.74, 6) is -0.859. The highest BCUT2D eigenvalue weighted by atomic mass is 31.2. The Hall–Kier alpha value is -1.23. The molecule has 0 spiro atoms. The van der Waals surface area contributed by atoms with E-state index < -0.39 is 19.3 Å². The summed E-state index contributed by atoms with van der Waals surface area (Å²) < 4.78 is 23.3. The first-order valence-electron chi connectivity index (χ1n) is 4.97. The van der Waals surface area contributed by atoms with E-state index in [1.807, 2.05) is 0 Å². The van der Waals surface area contributed by atoms with Gasteiger partial charge in [-0.25, -0.2) is 4.39 Å². The van der Waals surface area contributed by atoms with Crippen LogP contribution in [0.15, 0.2) is 24.3 Å². The molecule has 0 aliphatic heterocycles. The second-order valence-electron chi connectivity index (χ2n) is 3.55. The smallest absolute Gasteiger partial charge is 0.325 e. The molecule has 0 unspecified atom stereocenters. The number of nitrogens with one attached hydrogen (secondary N) is 1. The molecule has 0 atom stereocenters. The van der Waals surface area contributed by atoms with E-state index in [-0.39, 0.29) is 19.0 Å². The fourth-order valence-electron chi connectivity index (χ4n) is 1.24. The van der Waals surface area contributed by atoms with E-state index >= 15 is 0 Å². The maximum Gasteiger partial charge on any atom is 0.325 e. The maximum absolute atomic E-state index is 12.8. The molecule has 0 aliphatic rings. The molecule has 5 nitrogen and oxygen atoms in total. The van der Waals surface area contributed by atoms with E-state index in [0.29, 0.717) is 5.69 Å². The van der Waals surface area contributed by atoms with E-state index in [2.05, 4.69) is 5.32 Å². The van der Waals surface area contributed by atoms with Crippen LogP contribution in [0.1, 0.15) is 12.8 Å². The van der Waals surface area contributed by atoms with Crippen molar-refractivity contribution < 1.29 is 23.5 Å². The lowest BCUT2D eigenvalue weighted by Gasteiger charge is -2.05. The highest BCUT2D eigenvalue weighted by Gasteiger charge is 2.13. The van der Waals surface area contributed by atoms with Gasteiger partial charge >= 0.3 is 7.60 Å². The maximum atomic E-state index is 12.8. The molecule has 17 heavy (non-hydrogen) atoms. The predicted molar refractivity (Wildman–Crippen MR) is 61.2 cm³/mol. The summed E-state index contributed by atoms with van der Waals surface area (Å²) in [5.41, 5.74) is 0.325. The van der Waals surface area contributed by atoms with Crippen molar-refractivity contribution in [2.75, 3.05) is 11.5 Å². The number of hydrogen-bond donors (Lipinski definition) is 3. The molecule has 0 saturated heterocycles. The highest BCUT2D eigenvalue weighted by molar-refractivity contribution is 7.51. The standard InChI is InChI=1S/C10H13FNO4P/c11-8-3-1-4-9(7-8)12-10(13)5-2-6-17(14,15)16/h1,3-4,7H,2,5-6H2,(H,12,13)(H2,14,15,16). The number of amides is 1. The fourth-order valence-corrected chi connectivity index (χ4v) is 1.81. The fraction of sp³-hybridized carbons (Fsp3) is 0.300. The Morgan fingerprint density at radius 3 is 2.71 bits per heavy atom. The van der Waals surface area contributed by atoms with Gasteiger partial charge in [0.25, 0.3) is 0 Å². The van der Waals surface area contributed by atoms with Crippen LogP contribution in [-0.2, 0) is 9.36 Å². The molecule has 0 aliphatic carbocycles. The van der Waals surface area contributed by atoms with Crippen molar-refractivity contribution in [3.8, 4) is 0 Å². The van der Waals surface area contributed by atoms with Crippen LogP contribution in [-0.4, -0.2) is 21.9 Å². The van der Waals surface area contributed by atoms with Crippen LogP contribution < -0.4 is 5.32 Å². The van der Waals surface area contributed by atoms with Gasteiger partial charge in [-0.2, -0.15) is 0 Å². The van der Waals surface area contributed by atoms with Crippen molar-refractivity contribution in [1.29, 1.82) is 0 Å². The van der Waals surface area contributed by atoms with Crippen LogP contribution in [0.25, 0.3) is 0 Å². The van der Waals surface area contributed by atoms with E-state index in [4.69, 9.17) is 9.79 Å². The van der Waals surface area contributed by atoms with Crippen LogP contribution in [0.2, 0.25) is 0 Å². The third-order valence-corrected chi connectivity index (χ3v) is 2.86. The van der Waals surface area contributed by atoms with E-state index in [1.54, 1.807) is 0 Å². The number of rotatable bonds is 5. The van der Waals surface area contributed by atoms with Gasteiger partial charge in [-0.15, -0.1) is 0 Å². The molecule has 0 aromatic heterocycles. The third-order valence-electron chi connectivity index (χ3n) is 1.96. The first kappa shape index (κ1) is 13.8. The predicted octanol–water partition coefficient (Wildman–Crippen LogP) is 1.72. The van der Waals surface area contributed by atoms with Gasteiger partial charge < -0.3 is 15.1 Å². The molecule has 0 radical (unpaired) electrons. The molecule has 0 bridgehead atoms. The van der Waals surface area contributed by atoms with Gasteiger partial charge in [0, 0.05) is 12.1 Å². The van der Waals surface area contributed by atoms with Crippen molar-refractivity contribution in [2.24, 2.45) is 0 Å². The highest BCUT2D eigenvalue weighted by Crippen LogP contribution is 2.35. The van der Waals surface area contributed by atoms with Crippen LogP contribution in [0.4, 0.5) is 10.1 Å². The molecule has 1 aromatic rings. The Bertz CT molecular complexity index is 446. The van der Waals surface area contributed by atoms with Gasteiger partial charge in [0.15, 0.2) is 0 Å². The average Bonchev–Trinajstić information content (AvgIpc) is 2.15. The number of benzene rings is 1. The zero-order valence-electron chi connectivity index (χ0n) is 8.97. The van der Waals surface area contributed by atoms with Crippen molar-refractivity contribution in [1.82, 2.24) is 0 Å². The Morgan fingerprint density at radius 1 is 1.41 bits per heavy atom. The topological polar surface area (TPSA) is 86.6 Å². The molecule has 1 aromatic carbocycles. The molecule has 94 valence electrons. The van der Waals surface area contributed by atoms with Crippen molar-refractivity contribution in [2.45, 2.75) is 12.8 Å². The Balaban J connectivity index is 2.38. The molecular weight excluding hydrogens is 248 g/mol. The molecule has 3 N–H and O–H groups in total. The first-order chi connectivity index (χ1) is 7.87. The van der Waals surface area contributed by atoms with Gasteiger partial charge in [-0.05, 0) is 24.6 Å². The van der Waals surface area contributed by atoms with E-state index in [0.717, 1.165) is 0 Å². The largest absolute Gasteiger partial charge is 0.326 e. The summed E-state index contributed by atoms with van der Waals surface area (Å²) in [7, 11) is -4.05. The molecule has 0 saturated carbocycles. The van der Waals surface area contributed by atoms with Gasteiger partial charge in [0.05, 0.1) is 6.16 Å². The molecule has 0 fully saturated rings. The lowest BCUT2D eigenvalue weighted by molar-refractivity contribution is -0.116. The van der Waals surface area contributed by atoms with Gasteiger partial charge in [-0.3, -0.25) is 9.36 Å². The van der Waals surface area contributed by atoms with Gasteiger partial charge in [-0.1, -0.05) is 6.07 Å². The summed E-state index contributed by atoms with van der Waals surface area (Å²) in [6.07, 6.45) is -0.253. The van der Waals surface area contributed by atoms with Crippen molar-refractivity contribution in [3.05, 3.63) is 30.1 Å². The molecule has 1 amide bonds. The second kappa shape index (κ2) is 5.91. The second-order valence-corrected chi connectivity index (χ2v) is 5.33. The summed E-state index contributed by atoms with van der Waals surface area (Å²) in [5, 5.41) is 2.44. The molecule has 1 rings (SSSR count). The van der Waals surface area contributed by atoms with E-state index in [1.165, 1.54) is 24.3 Å². The van der Waals surface area contributed by atoms with Crippen LogP contribution in [0.3, 0.4) is 0 Å². The first-order valence-corrected chi connectivity index (χ1v) is 6.76. The van der Waals surface area contributed by atoms with E-state index in [9.17, 15) is 13.8 Å². The minimum atomic E-state index is -4.05.